The van der Waals surface area contributed by atoms with Crippen molar-refractivity contribution < 1.29 is 14.3 Å². The van der Waals surface area contributed by atoms with E-state index in [-0.39, 0.29) is 12.0 Å². The Morgan fingerprint density at radius 3 is 2.42 bits per heavy atom. The Morgan fingerprint density at radius 2 is 1.75 bits per heavy atom. The molecule has 5 rings (SSSR count). The van der Waals surface area contributed by atoms with Crippen LogP contribution in [-0.4, -0.2) is 39.8 Å². The maximum absolute atomic E-state index is 13.6. The van der Waals surface area contributed by atoms with Crippen LogP contribution >= 0.6 is 11.6 Å². The number of carbonyl (C=O) groups excluding carboxylic acids is 1. The third kappa shape index (κ3) is 5.45. The maximum Gasteiger partial charge on any atom is 0.254 e. The van der Waals surface area contributed by atoms with Gasteiger partial charge in [0.15, 0.2) is 0 Å². The van der Waals surface area contributed by atoms with E-state index in [0.717, 1.165) is 36.4 Å². The number of nitrogens with zero attached hydrogens (tertiary/aromatic N) is 3. The molecule has 36 heavy (non-hydrogen) atoms. The molecule has 0 radical (unpaired) electrons. The second-order valence-corrected chi connectivity index (χ2v) is 9.30. The Morgan fingerprint density at radius 1 is 1.06 bits per heavy atom. The molecular formula is C29H28ClN3O3. The Balaban J connectivity index is 1.54. The second kappa shape index (κ2) is 11.0. The van der Waals surface area contributed by atoms with E-state index in [2.05, 4.69) is 0 Å². The number of halogens is 1. The third-order valence-electron chi connectivity index (χ3n) is 6.27. The van der Waals surface area contributed by atoms with Crippen LogP contribution in [-0.2, 0) is 11.3 Å². The molecule has 0 spiro atoms. The summed E-state index contributed by atoms with van der Waals surface area (Å²) in [7, 11) is 0. The first-order valence-corrected chi connectivity index (χ1v) is 12.5. The quantitative estimate of drug-likeness (QED) is 0.278. The minimum atomic E-state index is -0.0459. The second-order valence-electron chi connectivity index (χ2n) is 8.86. The summed E-state index contributed by atoms with van der Waals surface area (Å²) in [4.78, 5) is 15.5. The van der Waals surface area contributed by atoms with Crippen LogP contribution in [0, 0.1) is 6.92 Å². The van der Waals surface area contributed by atoms with Gasteiger partial charge in [-0.25, -0.2) is 4.68 Å². The molecule has 1 aliphatic rings. The van der Waals surface area contributed by atoms with Crippen molar-refractivity contribution in [2.45, 2.75) is 32.4 Å². The molecule has 3 aromatic carbocycles. The molecule has 184 valence electrons. The molecule has 2 heterocycles. The van der Waals surface area contributed by atoms with E-state index in [0.29, 0.717) is 35.3 Å². The lowest BCUT2D eigenvalue weighted by Crippen LogP contribution is -2.37. The Bertz CT molecular complexity index is 1300. The van der Waals surface area contributed by atoms with Gasteiger partial charge in [-0.2, -0.15) is 5.10 Å². The van der Waals surface area contributed by atoms with Crippen molar-refractivity contribution in [3.05, 3.63) is 107 Å². The van der Waals surface area contributed by atoms with Crippen LogP contribution in [0.4, 0.5) is 0 Å². The van der Waals surface area contributed by atoms with Crippen molar-refractivity contribution in [3.8, 4) is 17.3 Å². The van der Waals surface area contributed by atoms with Gasteiger partial charge in [-0.3, -0.25) is 4.79 Å². The van der Waals surface area contributed by atoms with Crippen molar-refractivity contribution >= 4 is 17.5 Å². The van der Waals surface area contributed by atoms with E-state index in [1.54, 1.807) is 16.8 Å². The zero-order chi connectivity index (χ0) is 24.9. The first-order chi connectivity index (χ1) is 17.6. The van der Waals surface area contributed by atoms with Crippen LogP contribution in [0.2, 0.25) is 5.02 Å². The molecule has 0 N–H and O–H groups in total. The first-order valence-electron chi connectivity index (χ1n) is 12.1. The van der Waals surface area contributed by atoms with Gasteiger partial charge in [-0.1, -0.05) is 48.0 Å². The topological polar surface area (TPSA) is 56.6 Å². The van der Waals surface area contributed by atoms with E-state index in [1.807, 2.05) is 84.6 Å². The largest absolute Gasteiger partial charge is 0.439 e. The molecule has 1 aliphatic heterocycles. The molecule has 1 fully saturated rings. The predicted molar refractivity (Wildman–Crippen MR) is 140 cm³/mol. The fourth-order valence-corrected chi connectivity index (χ4v) is 4.52. The molecule has 0 aliphatic carbocycles. The van der Waals surface area contributed by atoms with Gasteiger partial charge in [-0.15, -0.1) is 0 Å². The van der Waals surface area contributed by atoms with Crippen molar-refractivity contribution in [1.82, 2.24) is 14.7 Å². The normalized spacial score (nSPS) is 15.1. The number of aryl methyl sites for hydroxylation is 1. The molecule has 1 atom stereocenters. The SMILES string of the molecule is Cc1nn(-c2ccccc2)c(Oc2ccc(Cl)cc2)c1CN(C[C@@H]1CCCO1)C(=O)c1ccccc1. The van der Waals surface area contributed by atoms with Crippen LogP contribution in [0.25, 0.3) is 5.69 Å². The fourth-order valence-electron chi connectivity index (χ4n) is 4.39. The van der Waals surface area contributed by atoms with Crippen LogP contribution in [0.15, 0.2) is 84.9 Å². The van der Waals surface area contributed by atoms with Gasteiger partial charge in [0.1, 0.15) is 5.75 Å². The van der Waals surface area contributed by atoms with Gasteiger partial charge in [0.25, 0.3) is 5.91 Å². The van der Waals surface area contributed by atoms with E-state index < -0.39 is 0 Å². The van der Waals surface area contributed by atoms with Gasteiger partial charge < -0.3 is 14.4 Å². The monoisotopic (exact) mass is 501 g/mol. The molecule has 1 aromatic heterocycles. The lowest BCUT2D eigenvalue weighted by atomic mass is 10.1. The minimum absolute atomic E-state index is 0.0165. The summed E-state index contributed by atoms with van der Waals surface area (Å²) in [5.74, 6) is 1.16. The van der Waals surface area contributed by atoms with Gasteiger partial charge in [0.05, 0.1) is 29.6 Å². The van der Waals surface area contributed by atoms with Crippen LogP contribution < -0.4 is 4.74 Å². The number of para-hydroxylation sites is 1. The van der Waals surface area contributed by atoms with E-state index in [9.17, 15) is 4.79 Å². The van der Waals surface area contributed by atoms with Crippen LogP contribution in [0.3, 0.4) is 0 Å². The molecule has 1 saturated heterocycles. The van der Waals surface area contributed by atoms with E-state index in [4.69, 9.17) is 26.2 Å². The highest BCUT2D eigenvalue weighted by atomic mass is 35.5. The fraction of sp³-hybridized carbons (Fsp3) is 0.241. The van der Waals surface area contributed by atoms with Gasteiger partial charge in [0, 0.05) is 23.7 Å². The highest BCUT2D eigenvalue weighted by molar-refractivity contribution is 6.30. The third-order valence-corrected chi connectivity index (χ3v) is 6.52. The van der Waals surface area contributed by atoms with Gasteiger partial charge in [-0.05, 0) is 68.3 Å². The Kier molecular flexibility index (Phi) is 7.35. The molecule has 0 unspecified atom stereocenters. The summed E-state index contributed by atoms with van der Waals surface area (Å²) in [6.07, 6.45) is 1.96. The maximum atomic E-state index is 13.6. The van der Waals surface area contributed by atoms with Crippen molar-refractivity contribution in [2.75, 3.05) is 13.2 Å². The summed E-state index contributed by atoms with van der Waals surface area (Å²) >= 11 is 6.09. The number of benzene rings is 3. The van der Waals surface area contributed by atoms with Crippen molar-refractivity contribution in [3.63, 3.8) is 0 Å². The standard InChI is InChI=1S/C29H28ClN3O3/c1-21-27(20-32(19-26-13-8-18-35-26)28(34)22-9-4-2-5-10-22)29(36-25-16-14-23(30)15-17-25)33(31-21)24-11-6-3-7-12-24/h2-7,9-12,14-17,26H,8,13,18-20H2,1H3/t26-/m0/s1. The highest BCUT2D eigenvalue weighted by Gasteiger charge is 2.27. The summed E-state index contributed by atoms with van der Waals surface area (Å²) in [6, 6.07) is 26.4. The number of rotatable bonds is 8. The average molecular weight is 502 g/mol. The van der Waals surface area contributed by atoms with Crippen LogP contribution in [0.1, 0.15) is 34.5 Å². The smallest absolute Gasteiger partial charge is 0.254 e. The minimum Gasteiger partial charge on any atom is -0.439 e. The average Bonchev–Trinajstić information content (AvgIpc) is 3.54. The van der Waals surface area contributed by atoms with E-state index >= 15 is 0 Å². The zero-order valence-corrected chi connectivity index (χ0v) is 20.9. The summed E-state index contributed by atoms with van der Waals surface area (Å²) in [5, 5.41) is 5.44. The summed E-state index contributed by atoms with van der Waals surface area (Å²) < 4.78 is 14.1. The number of hydrogen-bond acceptors (Lipinski definition) is 4. The zero-order valence-electron chi connectivity index (χ0n) is 20.1. The molecule has 1 amide bonds. The van der Waals surface area contributed by atoms with Crippen molar-refractivity contribution in [2.24, 2.45) is 0 Å². The molecular weight excluding hydrogens is 474 g/mol. The Hall–Kier alpha value is -3.61. The van der Waals surface area contributed by atoms with E-state index in [1.165, 1.54) is 0 Å². The van der Waals surface area contributed by atoms with Gasteiger partial charge >= 0.3 is 0 Å². The van der Waals surface area contributed by atoms with Crippen LogP contribution in [0.5, 0.6) is 11.6 Å². The lowest BCUT2D eigenvalue weighted by Gasteiger charge is -2.26. The number of hydrogen-bond donors (Lipinski definition) is 0. The predicted octanol–water partition coefficient (Wildman–Crippen LogP) is 6.45. The van der Waals surface area contributed by atoms with Gasteiger partial charge in [0.2, 0.25) is 5.88 Å². The molecule has 4 aromatic rings. The number of aromatic nitrogens is 2. The molecule has 6 nitrogen and oxygen atoms in total. The molecule has 0 saturated carbocycles. The Labute approximate surface area is 216 Å². The van der Waals surface area contributed by atoms with Crippen molar-refractivity contribution in [1.29, 1.82) is 0 Å². The number of ether oxygens (including phenoxy) is 2. The number of carbonyl (C=O) groups is 1. The first kappa shape index (κ1) is 24.1. The molecule has 0 bridgehead atoms. The summed E-state index contributed by atoms with van der Waals surface area (Å²) in [6.45, 7) is 3.52. The lowest BCUT2D eigenvalue weighted by molar-refractivity contribution is 0.0505. The summed E-state index contributed by atoms with van der Waals surface area (Å²) in [5.41, 5.74) is 3.15. The molecule has 7 heteroatoms. The number of amides is 1. The highest BCUT2D eigenvalue weighted by Crippen LogP contribution is 2.33.